The number of hydrogen-bond acceptors (Lipinski definition) is 5. The topological polar surface area (TPSA) is 64.6 Å². The Labute approximate surface area is 129 Å². The van der Waals surface area contributed by atoms with Crippen LogP contribution in [0.3, 0.4) is 0 Å². The number of alkyl carbamates (subject to hydrolysis) is 1. The van der Waals surface area contributed by atoms with Gasteiger partial charge in [-0.1, -0.05) is 11.8 Å². The maximum absolute atomic E-state index is 11.4. The minimum absolute atomic E-state index is 0.0465. The van der Waals surface area contributed by atoms with Gasteiger partial charge in [-0.3, -0.25) is 4.79 Å². The molecule has 21 heavy (non-hydrogen) atoms. The van der Waals surface area contributed by atoms with E-state index in [1.54, 1.807) is 12.1 Å². The van der Waals surface area contributed by atoms with Crippen molar-refractivity contribution in [2.45, 2.75) is 38.2 Å². The maximum atomic E-state index is 11.4. The van der Waals surface area contributed by atoms with Crippen LogP contribution in [0.1, 0.15) is 27.7 Å². The van der Waals surface area contributed by atoms with Crippen LogP contribution < -0.4 is 10.1 Å². The van der Waals surface area contributed by atoms with Crippen LogP contribution in [0.15, 0.2) is 29.2 Å². The number of thioether (sulfide) groups is 1. The molecule has 0 aliphatic carbocycles. The Morgan fingerprint density at radius 2 is 1.81 bits per heavy atom. The highest BCUT2D eigenvalue weighted by atomic mass is 32.2. The van der Waals surface area contributed by atoms with Gasteiger partial charge in [0.1, 0.15) is 18.0 Å². The summed E-state index contributed by atoms with van der Waals surface area (Å²) in [5, 5.41) is 2.66. The van der Waals surface area contributed by atoms with Crippen LogP contribution in [-0.4, -0.2) is 30.0 Å². The largest absolute Gasteiger partial charge is 0.492 e. The van der Waals surface area contributed by atoms with Gasteiger partial charge in [0, 0.05) is 11.8 Å². The first kappa shape index (κ1) is 17.4. The lowest BCUT2D eigenvalue weighted by Crippen LogP contribution is -2.34. The molecule has 0 unspecified atom stereocenters. The van der Waals surface area contributed by atoms with E-state index >= 15 is 0 Å². The highest BCUT2D eigenvalue weighted by Gasteiger charge is 2.15. The van der Waals surface area contributed by atoms with E-state index < -0.39 is 11.7 Å². The quantitative estimate of drug-likeness (QED) is 0.668. The first-order valence-electron chi connectivity index (χ1n) is 6.64. The summed E-state index contributed by atoms with van der Waals surface area (Å²) in [5.74, 6) is 0.689. The van der Waals surface area contributed by atoms with Gasteiger partial charge >= 0.3 is 6.09 Å². The lowest BCUT2D eigenvalue weighted by molar-refractivity contribution is -0.109. The van der Waals surface area contributed by atoms with E-state index in [0.717, 1.165) is 4.90 Å². The minimum atomic E-state index is -0.505. The van der Waals surface area contributed by atoms with Gasteiger partial charge in [0.2, 0.25) is 0 Å². The van der Waals surface area contributed by atoms with Crippen LogP contribution in [0.4, 0.5) is 4.79 Å². The third kappa shape index (κ3) is 8.24. The molecule has 0 spiro atoms. The van der Waals surface area contributed by atoms with Gasteiger partial charge in [0.15, 0.2) is 5.12 Å². The third-order valence-electron chi connectivity index (χ3n) is 2.12. The summed E-state index contributed by atoms with van der Waals surface area (Å²) in [5.41, 5.74) is -0.505. The SMILES string of the molecule is CC(=O)Sc1ccc(OCCNC(=O)OC(C)(C)C)cc1. The van der Waals surface area contributed by atoms with Gasteiger partial charge in [-0.25, -0.2) is 4.79 Å². The minimum Gasteiger partial charge on any atom is -0.492 e. The number of ether oxygens (including phenoxy) is 2. The summed E-state index contributed by atoms with van der Waals surface area (Å²) in [6, 6.07) is 7.23. The summed E-state index contributed by atoms with van der Waals surface area (Å²) >= 11 is 1.18. The zero-order chi connectivity index (χ0) is 15.9. The molecule has 1 aromatic rings. The van der Waals surface area contributed by atoms with Gasteiger partial charge in [-0.05, 0) is 45.0 Å². The van der Waals surface area contributed by atoms with E-state index in [4.69, 9.17) is 9.47 Å². The molecule has 0 saturated heterocycles. The lowest BCUT2D eigenvalue weighted by Gasteiger charge is -2.19. The Balaban J connectivity index is 2.27. The molecule has 0 fully saturated rings. The number of carbonyl (C=O) groups excluding carboxylic acids is 2. The fraction of sp³-hybridized carbons (Fsp3) is 0.467. The standard InChI is InChI=1S/C15H21NO4S/c1-11(17)21-13-7-5-12(6-8-13)19-10-9-16-14(18)20-15(2,3)4/h5-8H,9-10H2,1-4H3,(H,16,18). The van der Waals surface area contributed by atoms with E-state index in [9.17, 15) is 9.59 Å². The van der Waals surface area contributed by atoms with Crippen molar-refractivity contribution >= 4 is 23.0 Å². The average Bonchev–Trinajstić information content (AvgIpc) is 2.34. The molecule has 0 saturated carbocycles. The monoisotopic (exact) mass is 311 g/mol. The second-order valence-electron chi connectivity index (χ2n) is 5.34. The molecule has 0 aliphatic rings. The third-order valence-corrected chi connectivity index (χ3v) is 2.92. The zero-order valence-electron chi connectivity index (χ0n) is 12.8. The molecule has 0 atom stereocenters. The number of rotatable bonds is 5. The summed E-state index contributed by atoms with van der Waals surface area (Å²) in [7, 11) is 0. The van der Waals surface area contributed by atoms with Crippen molar-refractivity contribution in [1.29, 1.82) is 0 Å². The second-order valence-corrected chi connectivity index (χ2v) is 6.59. The van der Waals surface area contributed by atoms with Crippen LogP contribution in [0.2, 0.25) is 0 Å². The summed E-state index contributed by atoms with van der Waals surface area (Å²) in [6.07, 6.45) is -0.459. The van der Waals surface area contributed by atoms with Crippen LogP contribution in [-0.2, 0) is 9.53 Å². The Kier molecular flexibility index (Phi) is 6.55. The normalized spacial score (nSPS) is 10.9. The molecule has 1 rings (SSSR count). The van der Waals surface area contributed by atoms with Gasteiger partial charge in [0.05, 0.1) is 6.54 Å². The maximum Gasteiger partial charge on any atom is 0.407 e. The lowest BCUT2D eigenvalue weighted by atomic mass is 10.2. The van der Waals surface area contributed by atoms with Crippen molar-refractivity contribution in [2.24, 2.45) is 0 Å². The van der Waals surface area contributed by atoms with E-state index in [1.807, 2.05) is 32.9 Å². The predicted molar refractivity (Wildman–Crippen MR) is 82.7 cm³/mol. The van der Waals surface area contributed by atoms with Crippen LogP contribution in [0.5, 0.6) is 5.75 Å². The molecule has 0 aromatic heterocycles. The Bertz CT molecular complexity index is 479. The average molecular weight is 311 g/mol. The number of carbonyl (C=O) groups is 2. The van der Waals surface area contributed by atoms with E-state index in [1.165, 1.54) is 18.7 Å². The van der Waals surface area contributed by atoms with Gasteiger partial charge in [-0.15, -0.1) is 0 Å². The summed E-state index contributed by atoms with van der Waals surface area (Å²) in [4.78, 5) is 23.2. The fourth-order valence-corrected chi connectivity index (χ4v) is 2.01. The number of hydrogen-bond donors (Lipinski definition) is 1. The van der Waals surface area contributed by atoms with E-state index in [-0.39, 0.29) is 5.12 Å². The van der Waals surface area contributed by atoms with Crippen molar-refractivity contribution in [3.63, 3.8) is 0 Å². The molecule has 0 aliphatic heterocycles. The molecule has 6 heteroatoms. The van der Waals surface area contributed by atoms with Crippen molar-refractivity contribution in [2.75, 3.05) is 13.2 Å². The molecule has 1 aromatic carbocycles. The van der Waals surface area contributed by atoms with E-state index in [0.29, 0.717) is 18.9 Å². The predicted octanol–water partition coefficient (Wildman–Crippen LogP) is 3.23. The Morgan fingerprint density at radius 3 is 2.33 bits per heavy atom. The van der Waals surface area contributed by atoms with Gasteiger partial charge < -0.3 is 14.8 Å². The number of nitrogens with one attached hydrogen (secondary N) is 1. The Morgan fingerprint density at radius 1 is 1.19 bits per heavy atom. The first-order chi connectivity index (χ1) is 9.76. The number of benzene rings is 1. The summed E-state index contributed by atoms with van der Waals surface area (Å²) in [6.45, 7) is 7.66. The highest BCUT2D eigenvalue weighted by molar-refractivity contribution is 8.13. The molecule has 1 amide bonds. The summed E-state index contributed by atoms with van der Waals surface area (Å²) < 4.78 is 10.6. The van der Waals surface area contributed by atoms with Crippen molar-refractivity contribution < 1.29 is 19.1 Å². The highest BCUT2D eigenvalue weighted by Crippen LogP contribution is 2.21. The van der Waals surface area contributed by atoms with Crippen LogP contribution in [0.25, 0.3) is 0 Å². The van der Waals surface area contributed by atoms with Crippen LogP contribution >= 0.6 is 11.8 Å². The van der Waals surface area contributed by atoms with Crippen LogP contribution in [0, 0.1) is 0 Å². The molecule has 1 N–H and O–H groups in total. The molecular weight excluding hydrogens is 290 g/mol. The molecule has 0 heterocycles. The Hall–Kier alpha value is -1.69. The van der Waals surface area contributed by atoms with Crippen molar-refractivity contribution in [1.82, 2.24) is 5.32 Å². The van der Waals surface area contributed by atoms with Crippen molar-refractivity contribution in [3.8, 4) is 5.75 Å². The van der Waals surface area contributed by atoms with Gasteiger partial charge in [-0.2, -0.15) is 0 Å². The molecule has 0 bridgehead atoms. The van der Waals surface area contributed by atoms with Gasteiger partial charge in [0.25, 0.3) is 0 Å². The molecule has 5 nitrogen and oxygen atoms in total. The number of amides is 1. The zero-order valence-corrected chi connectivity index (χ0v) is 13.6. The molecular formula is C15H21NO4S. The molecule has 0 radical (unpaired) electrons. The first-order valence-corrected chi connectivity index (χ1v) is 7.46. The van der Waals surface area contributed by atoms with Crippen molar-refractivity contribution in [3.05, 3.63) is 24.3 Å². The smallest absolute Gasteiger partial charge is 0.407 e. The second kappa shape index (κ2) is 7.93. The van der Waals surface area contributed by atoms with E-state index in [2.05, 4.69) is 5.32 Å². The fourth-order valence-electron chi connectivity index (χ4n) is 1.41. The molecule has 116 valence electrons.